The monoisotopic (exact) mass is 420 g/mol. The molecule has 0 aromatic heterocycles. The number of benzene rings is 2. The van der Waals surface area contributed by atoms with E-state index in [1.165, 1.54) is 50.2 Å². The number of likely N-dealkylation sites (N-methyl/N-ethyl adjacent to an activating group) is 1. The molecular formula is C20H24N2O6S. The minimum atomic E-state index is -3.81. The quantitative estimate of drug-likeness (QED) is 0.479. The summed E-state index contributed by atoms with van der Waals surface area (Å²) in [6.45, 7) is 1.88. The largest absolute Gasteiger partial charge is 0.449 e. The Labute approximate surface area is 170 Å². The topological polar surface area (TPSA) is 93.2 Å². The molecule has 9 heteroatoms. The van der Waals surface area contributed by atoms with E-state index in [9.17, 15) is 18.0 Å². The Morgan fingerprint density at radius 2 is 1.59 bits per heavy atom. The summed E-state index contributed by atoms with van der Waals surface area (Å²) >= 11 is 0. The van der Waals surface area contributed by atoms with E-state index in [0.29, 0.717) is 11.0 Å². The molecule has 0 spiro atoms. The molecule has 2 aromatic rings. The first kappa shape index (κ1) is 22.5. The minimum Gasteiger partial charge on any atom is -0.449 e. The van der Waals surface area contributed by atoms with Gasteiger partial charge in [0.25, 0.3) is 15.9 Å². The first-order chi connectivity index (χ1) is 13.7. The van der Waals surface area contributed by atoms with Crippen molar-refractivity contribution in [3.63, 3.8) is 0 Å². The summed E-state index contributed by atoms with van der Waals surface area (Å²) in [6.07, 6.45) is -0.987. The Bertz CT molecular complexity index is 945. The maximum absolute atomic E-state index is 12.5. The van der Waals surface area contributed by atoms with E-state index in [-0.39, 0.29) is 16.4 Å². The minimum absolute atomic E-state index is 0.0369. The summed E-state index contributed by atoms with van der Waals surface area (Å²) in [5, 5.41) is 0. The van der Waals surface area contributed by atoms with Crippen LogP contribution in [0.25, 0.3) is 0 Å². The molecule has 0 unspecified atom stereocenters. The second-order valence-electron chi connectivity index (χ2n) is 6.35. The number of sulfonamides is 1. The number of hydrogen-bond acceptors (Lipinski definition) is 6. The van der Waals surface area contributed by atoms with Crippen molar-refractivity contribution in [2.45, 2.75) is 24.5 Å². The molecule has 29 heavy (non-hydrogen) atoms. The van der Waals surface area contributed by atoms with Gasteiger partial charge in [-0.2, -0.15) is 0 Å². The van der Waals surface area contributed by atoms with Crippen molar-refractivity contribution in [1.82, 2.24) is 9.37 Å². The Morgan fingerprint density at radius 3 is 2.14 bits per heavy atom. The van der Waals surface area contributed by atoms with Crippen LogP contribution in [0.2, 0.25) is 0 Å². The van der Waals surface area contributed by atoms with Gasteiger partial charge in [0.15, 0.2) is 6.10 Å². The smallest absolute Gasteiger partial charge is 0.338 e. The summed E-state index contributed by atoms with van der Waals surface area (Å²) in [7, 11) is 0.313. The molecular weight excluding hydrogens is 396 g/mol. The number of hydrogen-bond donors (Lipinski definition) is 0. The summed E-state index contributed by atoms with van der Waals surface area (Å²) in [4.78, 5) is 30.9. The SMILES string of the molecule is CON(C)S(=O)(=O)c1ccc(C(=O)O[C@H](C)C(=O)N(C)Cc2ccccc2)cc1. The van der Waals surface area contributed by atoms with Gasteiger partial charge >= 0.3 is 5.97 Å². The molecule has 2 rings (SSSR count). The number of esters is 1. The van der Waals surface area contributed by atoms with Crippen LogP contribution in [0.5, 0.6) is 0 Å². The Morgan fingerprint density at radius 1 is 1.00 bits per heavy atom. The van der Waals surface area contributed by atoms with Gasteiger partial charge in [0.1, 0.15) is 0 Å². The summed E-state index contributed by atoms with van der Waals surface area (Å²) < 4.78 is 30.3. The number of rotatable bonds is 8. The molecule has 156 valence electrons. The lowest BCUT2D eigenvalue weighted by Crippen LogP contribution is -2.37. The van der Waals surface area contributed by atoms with Gasteiger partial charge in [-0.3, -0.25) is 9.63 Å². The van der Waals surface area contributed by atoms with Crippen LogP contribution in [-0.2, 0) is 30.9 Å². The van der Waals surface area contributed by atoms with E-state index in [4.69, 9.17) is 9.57 Å². The lowest BCUT2D eigenvalue weighted by atomic mass is 10.2. The van der Waals surface area contributed by atoms with Crippen molar-refractivity contribution in [2.24, 2.45) is 0 Å². The third-order valence-corrected chi connectivity index (χ3v) is 5.95. The van der Waals surface area contributed by atoms with E-state index in [0.717, 1.165) is 5.56 Å². The molecule has 0 fully saturated rings. The third-order valence-electron chi connectivity index (χ3n) is 4.25. The van der Waals surface area contributed by atoms with Gasteiger partial charge in [-0.25, -0.2) is 13.2 Å². The number of carbonyl (C=O) groups is 2. The Balaban J connectivity index is 2.01. The summed E-state index contributed by atoms with van der Waals surface area (Å²) in [5.74, 6) is -1.06. The molecule has 1 atom stereocenters. The van der Waals surface area contributed by atoms with Crippen LogP contribution in [0.15, 0.2) is 59.5 Å². The lowest BCUT2D eigenvalue weighted by molar-refractivity contribution is -0.139. The highest BCUT2D eigenvalue weighted by Gasteiger charge is 2.24. The van der Waals surface area contributed by atoms with Crippen molar-refractivity contribution in [2.75, 3.05) is 21.2 Å². The zero-order chi connectivity index (χ0) is 21.6. The Hall–Kier alpha value is -2.75. The number of ether oxygens (including phenoxy) is 1. The number of hydroxylamine groups is 1. The normalized spacial score (nSPS) is 12.4. The second kappa shape index (κ2) is 9.64. The van der Waals surface area contributed by atoms with Crippen molar-refractivity contribution in [3.8, 4) is 0 Å². The molecule has 0 aliphatic rings. The third kappa shape index (κ3) is 5.63. The van der Waals surface area contributed by atoms with Gasteiger partial charge in [-0.1, -0.05) is 34.8 Å². The molecule has 0 saturated heterocycles. The van der Waals surface area contributed by atoms with Gasteiger partial charge in [0.05, 0.1) is 17.6 Å². The fourth-order valence-electron chi connectivity index (χ4n) is 2.53. The van der Waals surface area contributed by atoms with Crippen LogP contribution in [0.1, 0.15) is 22.8 Å². The average molecular weight is 420 g/mol. The van der Waals surface area contributed by atoms with E-state index in [1.54, 1.807) is 7.05 Å². The molecule has 2 aromatic carbocycles. The van der Waals surface area contributed by atoms with E-state index in [2.05, 4.69) is 0 Å². The molecule has 1 amide bonds. The maximum atomic E-state index is 12.5. The van der Waals surface area contributed by atoms with Gasteiger partial charge in [0.2, 0.25) is 0 Å². The molecule has 0 aliphatic carbocycles. The van der Waals surface area contributed by atoms with Gasteiger partial charge in [-0.05, 0) is 36.8 Å². The summed E-state index contributed by atoms with van der Waals surface area (Å²) in [5.41, 5.74) is 1.09. The molecule has 0 N–H and O–H groups in total. The van der Waals surface area contributed by atoms with Crippen molar-refractivity contribution >= 4 is 21.9 Å². The Kier molecular flexibility index (Phi) is 7.49. The molecule has 0 heterocycles. The maximum Gasteiger partial charge on any atom is 0.338 e. The zero-order valence-electron chi connectivity index (χ0n) is 16.7. The molecule has 0 saturated carbocycles. The second-order valence-corrected chi connectivity index (χ2v) is 8.28. The number of amides is 1. The molecule has 0 radical (unpaired) electrons. The van der Waals surface area contributed by atoms with Crippen LogP contribution in [-0.4, -0.2) is 57.0 Å². The highest BCUT2D eigenvalue weighted by atomic mass is 32.2. The fourth-order valence-corrected chi connectivity index (χ4v) is 3.51. The highest BCUT2D eigenvalue weighted by Crippen LogP contribution is 2.16. The fraction of sp³-hybridized carbons (Fsp3) is 0.300. The van der Waals surface area contributed by atoms with Crippen LogP contribution in [0.4, 0.5) is 0 Å². The van der Waals surface area contributed by atoms with Gasteiger partial charge in [-0.15, -0.1) is 0 Å². The van der Waals surface area contributed by atoms with Crippen molar-refractivity contribution < 1.29 is 27.6 Å². The summed E-state index contributed by atoms with van der Waals surface area (Å²) in [6, 6.07) is 14.6. The first-order valence-electron chi connectivity index (χ1n) is 8.79. The van der Waals surface area contributed by atoms with E-state index in [1.807, 2.05) is 30.3 Å². The van der Waals surface area contributed by atoms with Crippen LogP contribution < -0.4 is 0 Å². The van der Waals surface area contributed by atoms with Crippen LogP contribution in [0.3, 0.4) is 0 Å². The molecule has 0 aliphatic heterocycles. The van der Waals surface area contributed by atoms with Gasteiger partial charge in [0, 0.05) is 20.6 Å². The van der Waals surface area contributed by atoms with Crippen molar-refractivity contribution in [3.05, 3.63) is 65.7 Å². The predicted molar refractivity (Wildman–Crippen MR) is 106 cm³/mol. The first-order valence-corrected chi connectivity index (χ1v) is 10.2. The number of carbonyl (C=O) groups excluding carboxylic acids is 2. The molecule has 0 bridgehead atoms. The van der Waals surface area contributed by atoms with Crippen LogP contribution in [0, 0.1) is 0 Å². The van der Waals surface area contributed by atoms with E-state index >= 15 is 0 Å². The van der Waals surface area contributed by atoms with Crippen LogP contribution >= 0.6 is 0 Å². The highest BCUT2D eigenvalue weighted by molar-refractivity contribution is 7.89. The zero-order valence-corrected chi connectivity index (χ0v) is 17.5. The average Bonchev–Trinajstić information content (AvgIpc) is 2.73. The lowest BCUT2D eigenvalue weighted by Gasteiger charge is -2.21. The standard InChI is InChI=1S/C20H24N2O6S/c1-15(19(23)21(2)14-16-8-6-5-7-9-16)28-20(24)17-10-12-18(13-11-17)29(25,26)22(3)27-4/h5-13,15H,14H2,1-4H3/t15-/m1/s1. The van der Waals surface area contributed by atoms with Crippen molar-refractivity contribution in [1.29, 1.82) is 0 Å². The number of nitrogens with zero attached hydrogens (tertiary/aromatic N) is 2. The molecule has 8 nitrogen and oxygen atoms in total. The predicted octanol–water partition coefficient (Wildman–Crippen LogP) is 2.07. The van der Waals surface area contributed by atoms with Gasteiger partial charge < -0.3 is 9.64 Å². The van der Waals surface area contributed by atoms with E-state index < -0.39 is 22.1 Å².